The first-order valence-corrected chi connectivity index (χ1v) is 0. The summed E-state index contributed by atoms with van der Waals surface area (Å²) in [5, 5.41) is 0. The SMILES string of the molecule is N.[Cr].[Mn].[Y]. The molecule has 0 aromatic heterocycles. The first-order chi connectivity index (χ1) is 0. The van der Waals surface area contributed by atoms with Gasteiger partial charge in [0, 0.05) is 67.1 Å². The van der Waals surface area contributed by atoms with Crippen molar-refractivity contribution in [2.75, 3.05) is 0 Å². The van der Waals surface area contributed by atoms with E-state index in [9.17, 15) is 0 Å². The first-order valence-electron chi connectivity index (χ1n) is 0. The molecule has 0 saturated heterocycles. The van der Waals surface area contributed by atoms with E-state index in [1.165, 1.54) is 0 Å². The molecule has 0 amide bonds. The Bertz CT molecular complexity index is 8.00. The van der Waals surface area contributed by atoms with Gasteiger partial charge in [0.2, 0.25) is 0 Å². The van der Waals surface area contributed by atoms with Crippen LogP contribution in [0.15, 0.2) is 0 Å². The molecule has 4 heteroatoms. The van der Waals surface area contributed by atoms with Crippen LogP contribution in [-0.4, -0.2) is 0 Å². The van der Waals surface area contributed by atoms with Gasteiger partial charge in [0.25, 0.3) is 0 Å². The molecule has 0 heterocycles. The van der Waals surface area contributed by atoms with Crippen LogP contribution in [0, 0.1) is 0 Å². The average Bonchev–Trinajstić information content (AvgIpc) is 0. The molecule has 0 aliphatic carbocycles. The van der Waals surface area contributed by atoms with Gasteiger partial charge in [0.05, 0.1) is 0 Å². The van der Waals surface area contributed by atoms with Crippen molar-refractivity contribution in [3.05, 3.63) is 0 Å². The van der Waals surface area contributed by atoms with Crippen LogP contribution in [0.25, 0.3) is 0 Å². The molecule has 0 aromatic carbocycles. The van der Waals surface area contributed by atoms with Crippen molar-refractivity contribution in [1.29, 1.82) is 0 Å². The molecule has 0 rings (SSSR count). The summed E-state index contributed by atoms with van der Waals surface area (Å²) in [4.78, 5) is 0. The molecule has 0 bridgehead atoms. The predicted molar refractivity (Wildman–Crippen MR) is 5.02 cm³/mol. The van der Waals surface area contributed by atoms with Gasteiger partial charge in [-0.25, -0.2) is 0 Å². The molecule has 2 radical (unpaired) electrons. The minimum Gasteiger partial charge on any atom is -0.344 e. The van der Waals surface area contributed by atoms with E-state index in [1.807, 2.05) is 0 Å². The molecule has 1 nitrogen and oxygen atoms in total. The van der Waals surface area contributed by atoms with Crippen LogP contribution in [0.1, 0.15) is 0 Å². The van der Waals surface area contributed by atoms with Crippen molar-refractivity contribution in [2.45, 2.75) is 0 Å². The van der Waals surface area contributed by atoms with Gasteiger partial charge in [-0.1, -0.05) is 0 Å². The van der Waals surface area contributed by atoms with Crippen LogP contribution < -0.4 is 6.15 Å². The topological polar surface area (TPSA) is 35.0 Å². The maximum Gasteiger partial charge on any atom is 0 e. The monoisotopic (exact) mass is 213 g/mol. The summed E-state index contributed by atoms with van der Waals surface area (Å²) in [5.41, 5.74) is 0. The summed E-state index contributed by atoms with van der Waals surface area (Å²) in [6.45, 7) is 0. The molecule has 0 aliphatic rings. The Morgan fingerprint density at radius 3 is 1.00 bits per heavy atom. The summed E-state index contributed by atoms with van der Waals surface area (Å²) in [5.74, 6) is 0. The quantitative estimate of drug-likeness (QED) is 0.571. The fourth-order valence-corrected chi connectivity index (χ4v) is 0. The molecule has 4 heavy (non-hydrogen) atoms. The molecule has 0 unspecified atom stereocenters. The Kier molecular flexibility index (Phi) is 173. The second-order valence-corrected chi connectivity index (χ2v) is 0. The van der Waals surface area contributed by atoms with Crippen LogP contribution in [0.4, 0.5) is 0 Å². The van der Waals surface area contributed by atoms with Crippen LogP contribution in [0.3, 0.4) is 0 Å². The molecule has 3 N–H and O–H groups in total. The molecule has 0 atom stereocenters. The number of hydrogen-bond donors (Lipinski definition) is 1. The van der Waals surface area contributed by atoms with Crippen molar-refractivity contribution in [1.82, 2.24) is 6.15 Å². The maximum atomic E-state index is 0. The molecule has 0 saturated carbocycles. The second-order valence-electron chi connectivity index (χ2n) is 0. The zero-order valence-corrected chi connectivity index (χ0v) is 7.36. The van der Waals surface area contributed by atoms with Crippen molar-refractivity contribution < 1.29 is 67.1 Å². The average molecular weight is 213 g/mol. The van der Waals surface area contributed by atoms with Gasteiger partial charge in [-0.2, -0.15) is 0 Å². The molecular weight excluding hydrogens is 210 g/mol. The van der Waals surface area contributed by atoms with E-state index in [2.05, 4.69) is 0 Å². The second kappa shape index (κ2) is 19.4. The Balaban J connectivity index is 0. The van der Waals surface area contributed by atoms with Gasteiger partial charge in [0.15, 0.2) is 0 Å². The Morgan fingerprint density at radius 2 is 1.00 bits per heavy atom. The smallest absolute Gasteiger partial charge is 0 e. The van der Waals surface area contributed by atoms with Gasteiger partial charge in [-0.15, -0.1) is 0 Å². The maximum absolute atomic E-state index is 0. The standard InChI is InChI=1S/Cr.Mn.H3N.Y/h;;1H3;. The van der Waals surface area contributed by atoms with Crippen molar-refractivity contribution in [2.24, 2.45) is 0 Å². The van der Waals surface area contributed by atoms with Crippen molar-refractivity contribution in [3.63, 3.8) is 0 Å². The van der Waals surface area contributed by atoms with Crippen molar-refractivity contribution in [3.8, 4) is 0 Å². The van der Waals surface area contributed by atoms with Gasteiger partial charge in [0.1, 0.15) is 0 Å². The van der Waals surface area contributed by atoms with Crippen molar-refractivity contribution >= 4 is 0 Å². The summed E-state index contributed by atoms with van der Waals surface area (Å²) in [7, 11) is 0. The first kappa shape index (κ1) is 35.8. The fraction of sp³-hybridized carbons (Fsp3) is 0. The number of rotatable bonds is 0. The third-order valence-electron chi connectivity index (χ3n) is 0. The van der Waals surface area contributed by atoms with E-state index in [0.717, 1.165) is 0 Å². The van der Waals surface area contributed by atoms with E-state index in [-0.39, 0.29) is 73.3 Å². The molecule has 0 spiro atoms. The van der Waals surface area contributed by atoms with Gasteiger partial charge in [-0.05, 0) is 0 Å². The van der Waals surface area contributed by atoms with E-state index < -0.39 is 0 Å². The predicted octanol–water partition coefficient (Wildman–Crippen LogP) is 0.154. The zero-order valence-electron chi connectivity index (χ0n) is 2.07. The van der Waals surface area contributed by atoms with E-state index in [0.29, 0.717) is 0 Å². The van der Waals surface area contributed by atoms with E-state index in [1.54, 1.807) is 0 Å². The Hall–Kier alpha value is 2.12. The Morgan fingerprint density at radius 1 is 1.00 bits per heavy atom. The summed E-state index contributed by atoms with van der Waals surface area (Å²) >= 11 is 0. The third-order valence-corrected chi connectivity index (χ3v) is 0. The third kappa shape index (κ3) is 8.93. The van der Waals surface area contributed by atoms with Gasteiger partial charge < -0.3 is 6.15 Å². The summed E-state index contributed by atoms with van der Waals surface area (Å²) in [6.07, 6.45) is 0. The van der Waals surface area contributed by atoms with Gasteiger partial charge in [-0.3, -0.25) is 0 Å². The minimum absolute atomic E-state index is 0. The normalized spacial score (nSPS) is 0. The number of hydrogen-bond acceptors (Lipinski definition) is 1. The van der Waals surface area contributed by atoms with Crippen LogP contribution in [0.2, 0.25) is 0 Å². The van der Waals surface area contributed by atoms with E-state index >= 15 is 0 Å². The summed E-state index contributed by atoms with van der Waals surface area (Å²) < 4.78 is 0. The minimum atomic E-state index is 0. The largest absolute Gasteiger partial charge is 0.344 e. The molecule has 0 fully saturated rings. The zero-order chi connectivity index (χ0) is 0. The van der Waals surface area contributed by atoms with E-state index in [4.69, 9.17) is 0 Å². The van der Waals surface area contributed by atoms with Gasteiger partial charge >= 0.3 is 0 Å². The molecule has 0 aliphatic heterocycles. The van der Waals surface area contributed by atoms with Crippen LogP contribution in [-0.2, 0) is 67.1 Å². The molecule has 24 valence electrons. The Labute approximate surface area is 72.4 Å². The molecular formula is H3CrMnNY. The summed E-state index contributed by atoms with van der Waals surface area (Å²) in [6, 6.07) is 0. The van der Waals surface area contributed by atoms with Crippen LogP contribution in [0.5, 0.6) is 0 Å². The fourth-order valence-electron chi connectivity index (χ4n) is 0. The van der Waals surface area contributed by atoms with Crippen LogP contribution >= 0.6 is 0 Å². The molecule has 0 aromatic rings.